The molecule has 0 spiro atoms. The normalized spacial score (nSPS) is 17.2. The quantitative estimate of drug-likeness (QED) is 0.241. The smallest absolute Gasteiger partial charge is 0.141 e. The van der Waals surface area contributed by atoms with Crippen molar-refractivity contribution in [2.24, 2.45) is 4.99 Å². The molecule has 7 heteroatoms. The van der Waals surface area contributed by atoms with Crippen LogP contribution in [0.1, 0.15) is 23.9 Å². The summed E-state index contributed by atoms with van der Waals surface area (Å²) in [5.41, 5.74) is 10.0. The molecule has 7 nitrogen and oxygen atoms in total. The SMILES string of the molecule is C=N/C=C(\C=C/C)c1ccc2c(c1)C(c1nc3c(-c4ccoc4)cncc3[nH]1)=C1NC1N2. The van der Waals surface area contributed by atoms with Crippen LogP contribution in [0.3, 0.4) is 0 Å². The number of fused-ring (bicyclic) bond motifs is 3. The third kappa shape index (κ3) is 2.86. The summed E-state index contributed by atoms with van der Waals surface area (Å²) >= 11 is 0. The molecule has 4 aromatic rings. The van der Waals surface area contributed by atoms with Crippen molar-refractivity contribution < 1.29 is 4.42 Å². The number of H-pyrrole nitrogens is 1. The molecule has 1 aromatic carbocycles. The predicted octanol–water partition coefficient (Wildman–Crippen LogP) is 4.95. The van der Waals surface area contributed by atoms with Gasteiger partial charge in [0, 0.05) is 40.3 Å². The van der Waals surface area contributed by atoms with E-state index in [1.807, 2.05) is 31.3 Å². The average Bonchev–Trinajstić information content (AvgIpc) is 3.20. The molecule has 1 unspecified atom stereocenters. The minimum absolute atomic E-state index is 0.128. The number of allylic oxidation sites excluding steroid dienone is 3. The van der Waals surface area contributed by atoms with E-state index >= 15 is 0 Å². The molecule has 5 heterocycles. The molecule has 1 atom stereocenters. The van der Waals surface area contributed by atoms with Crippen LogP contribution in [-0.4, -0.2) is 27.8 Å². The number of benzene rings is 1. The molecule has 1 saturated heterocycles. The number of nitrogens with one attached hydrogen (secondary N) is 3. The summed E-state index contributed by atoms with van der Waals surface area (Å²) in [6.07, 6.45) is 12.9. The molecule has 0 bridgehead atoms. The lowest BCUT2D eigenvalue weighted by Gasteiger charge is -2.17. The molecule has 0 saturated carbocycles. The maximum atomic E-state index is 5.27. The van der Waals surface area contributed by atoms with Crippen LogP contribution in [-0.2, 0) is 0 Å². The fourth-order valence-corrected chi connectivity index (χ4v) is 4.22. The minimum Gasteiger partial charge on any atom is -0.472 e. The molecule has 2 aliphatic rings. The van der Waals surface area contributed by atoms with Gasteiger partial charge in [-0.05, 0) is 43.0 Å². The number of anilines is 1. The zero-order valence-electron chi connectivity index (χ0n) is 17.4. The van der Waals surface area contributed by atoms with Crippen LogP contribution in [0, 0.1) is 0 Å². The van der Waals surface area contributed by atoms with Crippen molar-refractivity contribution in [3.05, 3.63) is 90.2 Å². The van der Waals surface area contributed by atoms with E-state index in [1.165, 1.54) is 0 Å². The average molecular weight is 420 g/mol. The summed E-state index contributed by atoms with van der Waals surface area (Å²) in [5, 5.41) is 6.96. The molecule has 2 aliphatic heterocycles. The van der Waals surface area contributed by atoms with E-state index in [0.717, 1.165) is 61.6 Å². The first kappa shape index (κ1) is 18.4. The van der Waals surface area contributed by atoms with Gasteiger partial charge in [-0.15, -0.1) is 0 Å². The van der Waals surface area contributed by atoms with E-state index in [2.05, 4.69) is 50.5 Å². The van der Waals surface area contributed by atoms with Gasteiger partial charge in [0.25, 0.3) is 0 Å². The van der Waals surface area contributed by atoms with Gasteiger partial charge >= 0.3 is 0 Å². The van der Waals surface area contributed by atoms with Gasteiger partial charge < -0.3 is 20.0 Å². The number of furan rings is 1. The van der Waals surface area contributed by atoms with E-state index in [9.17, 15) is 0 Å². The topological polar surface area (TPSA) is 101 Å². The largest absolute Gasteiger partial charge is 0.472 e. The number of aromatic nitrogens is 3. The van der Waals surface area contributed by atoms with Crippen LogP contribution in [0.2, 0.25) is 0 Å². The molecule has 6 rings (SSSR count). The second-order valence-corrected chi connectivity index (χ2v) is 7.72. The van der Waals surface area contributed by atoms with E-state index in [0.29, 0.717) is 0 Å². The predicted molar refractivity (Wildman–Crippen MR) is 127 cm³/mol. The van der Waals surface area contributed by atoms with Crippen molar-refractivity contribution in [1.29, 1.82) is 0 Å². The second-order valence-electron chi connectivity index (χ2n) is 7.72. The summed E-state index contributed by atoms with van der Waals surface area (Å²) in [6.45, 7) is 5.60. The van der Waals surface area contributed by atoms with Crippen LogP contribution < -0.4 is 10.6 Å². The first-order valence-corrected chi connectivity index (χ1v) is 10.3. The Morgan fingerprint density at radius 3 is 2.94 bits per heavy atom. The third-order valence-electron chi connectivity index (χ3n) is 5.74. The van der Waals surface area contributed by atoms with Gasteiger partial charge in [-0.1, -0.05) is 18.2 Å². The Balaban J connectivity index is 1.52. The molecule has 0 radical (unpaired) electrons. The van der Waals surface area contributed by atoms with E-state index in [1.54, 1.807) is 24.9 Å². The van der Waals surface area contributed by atoms with Gasteiger partial charge in [-0.3, -0.25) is 9.98 Å². The Labute approximate surface area is 184 Å². The van der Waals surface area contributed by atoms with Gasteiger partial charge in [-0.2, -0.15) is 0 Å². The van der Waals surface area contributed by atoms with Gasteiger partial charge in [-0.25, -0.2) is 4.98 Å². The highest BCUT2D eigenvalue weighted by molar-refractivity contribution is 5.97. The maximum Gasteiger partial charge on any atom is 0.141 e. The number of rotatable bonds is 5. The van der Waals surface area contributed by atoms with E-state index in [-0.39, 0.29) is 6.17 Å². The van der Waals surface area contributed by atoms with Crippen molar-refractivity contribution >= 4 is 34.6 Å². The lowest BCUT2D eigenvalue weighted by Crippen LogP contribution is -2.12. The zero-order valence-corrected chi connectivity index (χ0v) is 17.4. The lowest BCUT2D eigenvalue weighted by atomic mass is 9.94. The Bertz CT molecular complexity index is 1460. The van der Waals surface area contributed by atoms with Gasteiger partial charge in [0.1, 0.15) is 17.5 Å². The van der Waals surface area contributed by atoms with Crippen LogP contribution in [0.15, 0.2) is 82.6 Å². The number of hydrogen-bond acceptors (Lipinski definition) is 6. The van der Waals surface area contributed by atoms with Crippen LogP contribution in [0.4, 0.5) is 5.69 Å². The van der Waals surface area contributed by atoms with Crippen LogP contribution in [0.5, 0.6) is 0 Å². The first-order chi connectivity index (χ1) is 15.8. The number of aliphatic imine (C=N–C) groups is 1. The number of pyridine rings is 1. The Hall–Kier alpha value is -4.39. The number of nitrogens with zero attached hydrogens (tertiary/aromatic N) is 3. The molecule has 0 aliphatic carbocycles. The third-order valence-corrected chi connectivity index (χ3v) is 5.74. The summed E-state index contributed by atoms with van der Waals surface area (Å²) in [7, 11) is 0. The van der Waals surface area contributed by atoms with Gasteiger partial charge in [0.05, 0.1) is 29.9 Å². The number of hydrogen-bond donors (Lipinski definition) is 3. The second kappa shape index (κ2) is 7.09. The van der Waals surface area contributed by atoms with E-state index < -0.39 is 0 Å². The van der Waals surface area contributed by atoms with Crippen molar-refractivity contribution in [2.45, 2.75) is 13.1 Å². The lowest BCUT2D eigenvalue weighted by molar-refractivity contribution is 0.568. The first-order valence-electron chi connectivity index (χ1n) is 10.3. The number of aromatic amines is 1. The van der Waals surface area contributed by atoms with Gasteiger partial charge in [0.2, 0.25) is 0 Å². The molecule has 32 heavy (non-hydrogen) atoms. The van der Waals surface area contributed by atoms with Crippen molar-refractivity contribution in [3.63, 3.8) is 0 Å². The molecule has 3 aromatic heterocycles. The number of imidazole rings is 1. The maximum absolute atomic E-state index is 5.27. The minimum atomic E-state index is 0.128. The summed E-state index contributed by atoms with van der Waals surface area (Å²) < 4.78 is 5.27. The Morgan fingerprint density at radius 1 is 1.19 bits per heavy atom. The summed E-state index contributed by atoms with van der Waals surface area (Å²) in [5.74, 6) is 0.807. The Morgan fingerprint density at radius 2 is 2.12 bits per heavy atom. The fourth-order valence-electron chi connectivity index (χ4n) is 4.22. The van der Waals surface area contributed by atoms with Crippen molar-refractivity contribution in [1.82, 2.24) is 20.3 Å². The summed E-state index contributed by atoms with van der Waals surface area (Å²) in [4.78, 5) is 16.8. The summed E-state index contributed by atoms with van der Waals surface area (Å²) in [6, 6.07) is 8.27. The monoisotopic (exact) mass is 420 g/mol. The van der Waals surface area contributed by atoms with Crippen molar-refractivity contribution in [2.75, 3.05) is 5.32 Å². The molecular weight excluding hydrogens is 400 g/mol. The Kier molecular flexibility index (Phi) is 4.07. The van der Waals surface area contributed by atoms with E-state index in [4.69, 9.17) is 9.40 Å². The highest BCUT2D eigenvalue weighted by Crippen LogP contribution is 2.43. The zero-order chi connectivity index (χ0) is 21.7. The molecular formula is C25H20N6O. The molecule has 156 valence electrons. The van der Waals surface area contributed by atoms with Crippen LogP contribution in [0.25, 0.3) is 33.3 Å². The molecule has 0 amide bonds. The van der Waals surface area contributed by atoms with Gasteiger partial charge in [0.15, 0.2) is 0 Å². The molecule has 1 fully saturated rings. The van der Waals surface area contributed by atoms with Crippen molar-refractivity contribution in [3.8, 4) is 11.1 Å². The molecule has 3 N–H and O–H groups in total. The van der Waals surface area contributed by atoms with Crippen LogP contribution >= 0.6 is 0 Å². The fraction of sp³-hybridized carbons (Fsp3) is 0.0800. The highest BCUT2D eigenvalue weighted by atomic mass is 16.3. The highest BCUT2D eigenvalue weighted by Gasteiger charge is 2.39. The standard InChI is InChI=1S/C25H20N6O/c1-3-4-15(10-26-2)14-5-6-19-17(9-14)21(23-25(28-19)31-23)24-29-20-12-27-11-18(22(20)30-24)16-7-8-32-13-16/h3-13,25,28,31H,2H2,1H3,(H,29,30)/b4-3-,15-10+.